The Balaban J connectivity index is 0.00000264. The molecule has 23 heavy (non-hydrogen) atoms. The summed E-state index contributed by atoms with van der Waals surface area (Å²) in [6, 6.07) is 3.61. The predicted octanol–water partition coefficient (Wildman–Crippen LogP) is 1.77. The summed E-state index contributed by atoms with van der Waals surface area (Å²) < 4.78 is 10.6. The van der Waals surface area contributed by atoms with Crippen molar-refractivity contribution in [2.45, 2.75) is 26.0 Å². The fourth-order valence-corrected chi connectivity index (χ4v) is 1.65. The molecule has 0 fully saturated rings. The van der Waals surface area contributed by atoms with Crippen molar-refractivity contribution in [2.24, 2.45) is 4.99 Å². The molecule has 2 heterocycles. The van der Waals surface area contributed by atoms with Gasteiger partial charge in [-0.15, -0.1) is 29.1 Å². The smallest absolute Gasteiger partial charge is 0.216 e. The van der Waals surface area contributed by atoms with Gasteiger partial charge in [0.05, 0.1) is 18.4 Å². The quantitative estimate of drug-likeness (QED) is 0.364. The van der Waals surface area contributed by atoms with Crippen molar-refractivity contribution in [3.63, 3.8) is 0 Å². The molecule has 0 amide bonds. The lowest BCUT2D eigenvalue weighted by Gasteiger charge is -2.24. The maximum atomic E-state index is 5.36. The van der Waals surface area contributed by atoms with Crippen LogP contribution in [0.4, 0.5) is 0 Å². The van der Waals surface area contributed by atoms with Crippen molar-refractivity contribution < 1.29 is 9.15 Å². The van der Waals surface area contributed by atoms with Gasteiger partial charge in [0.15, 0.2) is 11.7 Å². The molecule has 0 aromatic carbocycles. The molecule has 2 aromatic rings. The van der Waals surface area contributed by atoms with Crippen molar-refractivity contribution in [1.29, 1.82) is 0 Å². The van der Waals surface area contributed by atoms with E-state index >= 15 is 0 Å². The minimum absolute atomic E-state index is 0. The van der Waals surface area contributed by atoms with E-state index in [1.807, 2.05) is 19.9 Å². The number of ether oxygens (including phenoxy) is 1. The summed E-state index contributed by atoms with van der Waals surface area (Å²) in [5.41, 5.74) is -0.268. The van der Waals surface area contributed by atoms with Crippen molar-refractivity contribution in [1.82, 2.24) is 25.8 Å². The van der Waals surface area contributed by atoms with Gasteiger partial charge < -0.3 is 19.8 Å². The fourth-order valence-electron chi connectivity index (χ4n) is 1.65. The van der Waals surface area contributed by atoms with Crippen LogP contribution in [0, 0.1) is 0 Å². The number of H-pyrrole nitrogens is 1. The number of aliphatic imine (C=N–C) groups is 1. The van der Waals surface area contributed by atoms with E-state index < -0.39 is 0 Å². The summed E-state index contributed by atoms with van der Waals surface area (Å²) in [7, 11) is 3.40. The fraction of sp³-hybridized carbons (Fsp3) is 0.500. The summed E-state index contributed by atoms with van der Waals surface area (Å²) in [5, 5.41) is 13.3. The number of furan rings is 1. The summed E-state index contributed by atoms with van der Waals surface area (Å²) in [5.74, 6) is 2.53. The van der Waals surface area contributed by atoms with Crippen LogP contribution in [0.5, 0.6) is 0 Å². The van der Waals surface area contributed by atoms with Crippen LogP contribution >= 0.6 is 24.0 Å². The van der Waals surface area contributed by atoms with Gasteiger partial charge in [-0.3, -0.25) is 10.1 Å². The zero-order chi connectivity index (χ0) is 16.0. The van der Waals surface area contributed by atoms with Crippen LogP contribution < -0.4 is 10.6 Å². The Morgan fingerprint density at radius 1 is 1.43 bits per heavy atom. The highest BCUT2D eigenvalue weighted by Gasteiger charge is 2.16. The molecule has 0 saturated heterocycles. The number of nitrogens with one attached hydrogen (secondary N) is 3. The third-order valence-corrected chi connectivity index (χ3v) is 3.15. The largest absolute Gasteiger partial charge is 0.461 e. The Labute approximate surface area is 152 Å². The third-order valence-electron chi connectivity index (χ3n) is 3.15. The number of guanidine groups is 1. The average molecular weight is 434 g/mol. The molecule has 0 unspecified atom stereocenters. The first-order valence-corrected chi connectivity index (χ1v) is 6.99. The van der Waals surface area contributed by atoms with Crippen molar-refractivity contribution >= 4 is 29.9 Å². The van der Waals surface area contributed by atoms with E-state index in [-0.39, 0.29) is 29.6 Å². The second kappa shape index (κ2) is 8.87. The minimum atomic E-state index is -0.268. The highest BCUT2D eigenvalue weighted by molar-refractivity contribution is 14.0. The van der Waals surface area contributed by atoms with E-state index in [9.17, 15) is 0 Å². The molecular weight excluding hydrogens is 411 g/mol. The maximum Gasteiger partial charge on any atom is 0.216 e. The molecule has 128 valence electrons. The Hall–Kier alpha value is -1.62. The molecule has 0 saturated carbocycles. The summed E-state index contributed by atoms with van der Waals surface area (Å²) in [4.78, 5) is 8.51. The van der Waals surface area contributed by atoms with Crippen LogP contribution in [0.1, 0.15) is 19.7 Å². The molecule has 0 aliphatic rings. The van der Waals surface area contributed by atoms with Crippen LogP contribution in [-0.2, 0) is 11.3 Å². The molecule has 2 aromatic heterocycles. The highest BCUT2D eigenvalue weighted by Crippen LogP contribution is 2.14. The summed E-state index contributed by atoms with van der Waals surface area (Å²) in [6.07, 6.45) is 1.59. The molecule has 3 N–H and O–H groups in total. The Morgan fingerprint density at radius 3 is 2.83 bits per heavy atom. The van der Waals surface area contributed by atoms with E-state index in [0.29, 0.717) is 36.5 Å². The van der Waals surface area contributed by atoms with Gasteiger partial charge in [0.25, 0.3) is 0 Å². The lowest BCUT2D eigenvalue weighted by atomic mass is 10.1. The molecule has 0 spiro atoms. The summed E-state index contributed by atoms with van der Waals surface area (Å²) >= 11 is 0. The number of methoxy groups -OCH3 is 1. The van der Waals surface area contributed by atoms with E-state index in [1.54, 1.807) is 26.5 Å². The topological polar surface area (TPSA) is 100 Å². The van der Waals surface area contributed by atoms with Gasteiger partial charge in [-0.05, 0) is 26.0 Å². The minimum Gasteiger partial charge on any atom is -0.461 e. The zero-order valence-corrected chi connectivity index (χ0v) is 16.0. The first-order valence-electron chi connectivity index (χ1n) is 6.99. The molecule has 0 bridgehead atoms. The number of hydrogen-bond donors (Lipinski definition) is 3. The standard InChI is InChI=1S/C14H22N6O2.HI/c1-14(2,21-4)9-17-13(15-3)16-8-11-18-12(20-19-11)10-6-5-7-22-10;/h5-7H,8-9H2,1-4H3,(H2,15,16,17)(H,18,19,20);1H. The van der Waals surface area contributed by atoms with Gasteiger partial charge in [-0.2, -0.15) is 0 Å². The Kier molecular flexibility index (Phi) is 7.49. The lowest BCUT2D eigenvalue weighted by molar-refractivity contribution is 0.0268. The maximum absolute atomic E-state index is 5.36. The lowest BCUT2D eigenvalue weighted by Crippen LogP contribution is -2.45. The molecule has 0 aliphatic heterocycles. The number of rotatable bonds is 6. The number of halogens is 1. The van der Waals surface area contributed by atoms with Crippen molar-refractivity contribution in [3.05, 3.63) is 24.2 Å². The van der Waals surface area contributed by atoms with Crippen molar-refractivity contribution in [3.8, 4) is 11.6 Å². The number of hydrogen-bond acceptors (Lipinski definition) is 5. The van der Waals surface area contributed by atoms with Gasteiger partial charge in [0.2, 0.25) is 5.82 Å². The van der Waals surface area contributed by atoms with Crippen LogP contribution in [0.15, 0.2) is 27.8 Å². The monoisotopic (exact) mass is 434 g/mol. The second-order valence-electron chi connectivity index (χ2n) is 5.33. The average Bonchev–Trinajstić information content (AvgIpc) is 3.18. The molecule has 2 rings (SSSR count). The van der Waals surface area contributed by atoms with Gasteiger partial charge in [0, 0.05) is 20.7 Å². The normalized spacial score (nSPS) is 11.9. The Bertz CT molecular complexity index is 609. The van der Waals surface area contributed by atoms with Crippen LogP contribution in [-0.4, -0.2) is 47.4 Å². The highest BCUT2D eigenvalue weighted by atomic mass is 127. The van der Waals surface area contributed by atoms with E-state index in [0.717, 1.165) is 0 Å². The van der Waals surface area contributed by atoms with Crippen LogP contribution in [0.25, 0.3) is 11.6 Å². The van der Waals surface area contributed by atoms with E-state index in [1.165, 1.54) is 0 Å². The van der Waals surface area contributed by atoms with Gasteiger partial charge in [-0.1, -0.05) is 0 Å². The van der Waals surface area contributed by atoms with Crippen molar-refractivity contribution in [2.75, 3.05) is 20.7 Å². The zero-order valence-electron chi connectivity index (χ0n) is 13.7. The third kappa shape index (κ3) is 5.82. The summed E-state index contributed by atoms with van der Waals surface area (Å²) in [6.45, 7) is 5.11. The van der Waals surface area contributed by atoms with Gasteiger partial charge in [0.1, 0.15) is 5.82 Å². The number of aromatic amines is 1. The van der Waals surface area contributed by atoms with E-state index in [4.69, 9.17) is 9.15 Å². The molecule has 0 radical (unpaired) electrons. The number of aromatic nitrogens is 3. The molecular formula is C14H23IN6O2. The number of nitrogens with zero attached hydrogens (tertiary/aromatic N) is 3. The molecule has 8 nitrogen and oxygen atoms in total. The SMILES string of the molecule is CN=C(NCc1nc(-c2ccco2)n[nH]1)NCC(C)(C)OC.I. The molecule has 0 atom stereocenters. The molecule has 9 heteroatoms. The predicted molar refractivity (Wildman–Crippen MR) is 98.8 cm³/mol. The van der Waals surface area contributed by atoms with Gasteiger partial charge in [-0.25, -0.2) is 4.98 Å². The van der Waals surface area contributed by atoms with Crippen LogP contribution in [0.3, 0.4) is 0 Å². The second-order valence-corrected chi connectivity index (χ2v) is 5.33. The van der Waals surface area contributed by atoms with Gasteiger partial charge >= 0.3 is 0 Å². The first kappa shape index (κ1) is 19.4. The van der Waals surface area contributed by atoms with Crippen LogP contribution in [0.2, 0.25) is 0 Å². The first-order chi connectivity index (χ1) is 10.5. The molecule has 0 aliphatic carbocycles. The van der Waals surface area contributed by atoms with E-state index in [2.05, 4.69) is 30.8 Å². The Morgan fingerprint density at radius 2 is 2.22 bits per heavy atom.